The van der Waals surface area contributed by atoms with Crippen LogP contribution in [0.2, 0.25) is 0 Å². The third-order valence-electron chi connectivity index (χ3n) is 6.71. The Balaban J connectivity index is 1.68. The van der Waals surface area contributed by atoms with Crippen LogP contribution in [0.15, 0.2) is 65.1 Å². The number of hydrogen-bond donors (Lipinski definition) is 0. The van der Waals surface area contributed by atoms with Gasteiger partial charge in [0, 0.05) is 10.8 Å². The summed E-state index contributed by atoms with van der Waals surface area (Å²) in [5.74, 6) is 0.624. The molecule has 1 heterocycles. The fraction of sp³-hybridized carbons (Fsp3) is 0.357. The van der Waals surface area contributed by atoms with Gasteiger partial charge in [0.2, 0.25) is 0 Å². The molecule has 1 aromatic heterocycles. The van der Waals surface area contributed by atoms with Gasteiger partial charge in [-0.15, -0.1) is 0 Å². The van der Waals surface area contributed by atoms with E-state index in [1.165, 1.54) is 59.7 Å². The Morgan fingerprint density at radius 1 is 0.774 bits per heavy atom. The largest absolute Gasteiger partial charge is 0.454 e. The summed E-state index contributed by atoms with van der Waals surface area (Å²) in [4.78, 5) is 0. The Hall–Kier alpha value is -2.01. The van der Waals surface area contributed by atoms with Crippen LogP contribution in [-0.2, 0) is 5.41 Å². The van der Waals surface area contributed by atoms with Crippen LogP contribution < -0.4 is 3.11 Å². The van der Waals surface area contributed by atoms with Crippen molar-refractivity contribution in [1.29, 1.82) is 0 Å². The van der Waals surface area contributed by atoms with Gasteiger partial charge in [0.15, 0.2) is 5.58 Å². The van der Waals surface area contributed by atoms with Crippen molar-refractivity contribution in [3.63, 3.8) is 0 Å². The molecule has 1 fully saturated rings. The van der Waals surface area contributed by atoms with Crippen LogP contribution >= 0.6 is 22.9 Å². The second kappa shape index (κ2) is 8.16. The van der Waals surface area contributed by atoms with E-state index < -0.39 is 0 Å². The molecule has 0 bridgehead atoms. The first-order valence-corrected chi connectivity index (χ1v) is 12.4. The zero-order valence-electron chi connectivity index (χ0n) is 18.6. The van der Waals surface area contributed by atoms with Gasteiger partial charge < -0.3 is 4.42 Å². The summed E-state index contributed by atoms with van der Waals surface area (Å²) in [6.07, 6.45) is 6.59. The zero-order chi connectivity index (χ0) is 21.6. The van der Waals surface area contributed by atoms with E-state index in [0.717, 1.165) is 16.9 Å². The molecule has 0 radical (unpaired) electrons. The van der Waals surface area contributed by atoms with Crippen molar-refractivity contribution in [3.8, 4) is 0 Å². The number of halogens is 1. The van der Waals surface area contributed by atoms with Gasteiger partial charge in [0.1, 0.15) is 5.58 Å². The SMILES string of the molecule is CC(C)(C)c1ccccc1N(I)c1cccc2c1oc1c(C3CCCCC3)cccc12. The molecule has 3 heteroatoms. The molecule has 0 aliphatic heterocycles. The molecule has 0 atom stereocenters. The first-order valence-electron chi connectivity index (χ1n) is 11.4. The molecule has 31 heavy (non-hydrogen) atoms. The smallest absolute Gasteiger partial charge is 0.159 e. The summed E-state index contributed by atoms with van der Waals surface area (Å²) < 4.78 is 8.96. The Kier molecular flexibility index (Phi) is 5.49. The second-order valence-corrected chi connectivity index (χ2v) is 10.8. The number of anilines is 2. The zero-order valence-corrected chi connectivity index (χ0v) is 20.8. The molecule has 2 nitrogen and oxygen atoms in total. The third-order valence-corrected chi connectivity index (χ3v) is 7.75. The van der Waals surface area contributed by atoms with Gasteiger partial charge in [-0.2, -0.15) is 0 Å². The van der Waals surface area contributed by atoms with E-state index in [9.17, 15) is 0 Å². The van der Waals surface area contributed by atoms with Crippen molar-refractivity contribution in [1.82, 2.24) is 0 Å². The summed E-state index contributed by atoms with van der Waals surface area (Å²) in [7, 11) is 0. The molecule has 5 rings (SSSR count). The maximum Gasteiger partial charge on any atom is 0.159 e. The monoisotopic (exact) mass is 523 g/mol. The van der Waals surface area contributed by atoms with Crippen molar-refractivity contribution >= 4 is 56.2 Å². The summed E-state index contributed by atoms with van der Waals surface area (Å²) in [6, 6.07) is 22.0. The predicted octanol–water partition coefficient (Wildman–Crippen LogP) is 9.42. The van der Waals surface area contributed by atoms with Crippen molar-refractivity contribution in [2.24, 2.45) is 0 Å². The Bertz CT molecular complexity index is 1230. The lowest BCUT2D eigenvalue weighted by molar-refractivity contribution is 0.442. The summed E-state index contributed by atoms with van der Waals surface area (Å²) in [6.45, 7) is 6.82. The fourth-order valence-electron chi connectivity index (χ4n) is 5.13. The molecule has 0 saturated heterocycles. The van der Waals surface area contributed by atoms with E-state index in [2.05, 4.69) is 107 Å². The minimum Gasteiger partial charge on any atom is -0.454 e. The van der Waals surface area contributed by atoms with E-state index in [1.807, 2.05) is 0 Å². The van der Waals surface area contributed by atoms with Crippen molar-refractivity contribution in [3.05, 3.63) is 71.8 Å². The molecule has 4 aromatic rings. The number of para-hydroxylation sites is 3. The molecule has 1 aliphatic rings. The van der Waals surface area contributed by atoms with Crippen molar-refractivity contribution in [2.45, 2.75) is 64.2 Å². The van der Waals surface area contributed by atoms with E-state index >= 15 is 0 Å². The fourth-order valence-corrected chi connectivity index (χ4v) is 5.93. The molecular weight excluding hydrogens is 493 g/mol. The summed E-state index contributed by atoms with van der Waals surface area (Å²) >= 11 is 2.44. The number of fused-ring (bicyclic) bond motifs is 3. The van der Waals surface area contributed by atoms with Gasteiger partial charge in [-0.3, -0.25) is 3.11 Å². The number of rotatable bonds is 3. The maximum absolute atomic E-state index is 6.69. The highest BCUT2D eigenvalue weighted by Gasteiger charge is 2.25. The highest BCUT2D eigenvalue weighted by molar-refractivity contribution is 14.1. The van der Waals surface area contributed by atoms with E-state index in [-0.39, 0.29) is 5.41 Å². The quantitative estimate of drug-likeness (QED) is 0.196. The van der Waals surface area contributed by atoms with Crippen molar-refractivity contribution in [2.75, 3.05) is 3.11 Å². The van der Waals surface area contributed by atoms with Gasteiger partial charge in [-0.1, -0.05) is 88.6 Å². The molecule has 1 saturated carbocycles. The lowest BCUT2D eigenvalue weighted by Gasteiger charge is -2.27. The minimum absolute atomic E-state index is 0.0654. The van der Waals surface area contributed by atoms with Crippen LogP contribution in [0.5, 0.6) is 0 Å². The molecule has 0 unspecified atom stereocenters. The lowest BCUT2D eigenvalue weighted by Crippen LogP contribution is -2.15. The lowest BCUT2D eigenvalue weighted by atomic mass is 9.83. The predicted molar refractivity (Wildman–Crippen MR) is 141 cm³/mol. The van der Waals surface area contributed by atoms with Crippen LogP contribution in [0.25, 0.3) is 21.9 Å². The van der Waals surface area contributed by atoms with Crippen LogP contribution in [-0.4, -0.2) is 0 Å². The second-order valence-electron chi connectivity index (χ2n) is 9.86. The molecule has 0 spiro atoms. The number of hydrogen-bond acceptors (Lipinski definition) is 2. The maximum atomic E-state index is 6.69. The topological polar surface area (TPSA) is 16.4 Å². The van der Waals surface area contributed by atoms with Gasteiger partial charge >= 0.3 is 0 Å². The minimum atomic E-state index is 0.0654. The third kappa shape index (κ3) is 3.75. The van der Waals surface area contributed by atoms with E-state index in [4.69, 9.17) is 4.42 Å². The number of benzene rings is 3. The molecule has 1 aliphatic carbocycles. The van der Waals surface area contributed by atoms with Gasteiger partial charge in [0.25, 0.3) is 0 Å². The van der Waals surface area contributed by atoms with Gasteiger partial charge in [0.05, 0.1) is 34.2 Å². The highest BCUT2D eigenvalue weighted by atomic mass is 127. The average molecular weight is 523 g/mol. The normalized spacial score (nSPS) is 15.6. The standard InChI is InChI=1S/C28H30INO/c1-28(2,3)23-16-7-8-17-24(23)30(29)25-18-10-15-22-21-14-9-13-20(26(21)31-27(22)25)19-11-5-4-6-12-19/h7-10,13-19H,4-6,11-12H2,1-3H3. The molecule has 160 valence electrons. The van der Waals surface area contributed by atoms with Crippen LogP contribution in [0.3, 0.4) is 0 Å². The molecule has 0 N–H and O–H groups in total. The number of furan rings is 1. The molecular formula is C28H30INO. The van der Waals surface area contributed by atoms with Gasteiger partial charge in [-0.05, 0) is 47.4 Å². The first kappa shape index (κ1) is 20.9. The van der Waals surface area contributed by atoms with Crippen molar-refractivity contribution < 1.29 is 4.42 Å². The van der Waals surface area contributed by atoms with Crippen LogP contribution in [0.1, 0.15) is 69.9 Å². The van der Waals surface area contributed by atoms with Crippen LogP contribution in [0.4, 0.5) is 11.4 Å². The van der Waals surface area contributed by atoms with Crippen LogP contribution in [0, 0.1) is 0 Å². The Morgan fingerprint density at radius 2 is 1.42 bits per heavy atom. The molecule has 0 amide bonds. The Labute approximate surface area is 199 Å². The van der Waals surface area contributed by atoms with E-state index in [0.29, 0.717) is 5.92 Å². The summed E-state index contributed by atoms with van der Waals surface area (Å²) in [5, 5.41) is 2.45. The van der Waals surface area contributed by atoms with E-state index in [1.54, 1.807) is 0 Å². The average Bonchev–Trinajstić information content (AvgIpc) is 3.17. The Morgan fingerprint density at radius 3 is 2.16 bits per heavy atom. The van der Waals surface area contributed by atoms with Gasteiger partial charge in [-0.25, -0.2) is 0 Å². The number of nitrogens with zero attached hydrogens (tertiary/aromatic N) is 1. The summed E-state index contributed by atoms with van der Waals surface area (Å²) in [5.41, 5.74) is 7.20. The first-order chi connectivity index (χ1) is 14.9. The molecule has 3 aromatic carbocycles. The highest BCUT2D eigenvalue weighted by Crippen LogP contribution is 2.45.